The Morgan fingerprint density at radius 1 is 0.302 bits per heavy atom. The number of aliphatic hydroxyl groups is 1. The van der Waals surface area contributed by atoms with Gasteiger partial charge in [-0.2, -0.15) is 0 Å². The number of hydrogen-bond acceptors (Lipinski definition) is 15. The first-order chi connectivity index (χ1) is 46.3. The number of ether oxygens (including phenoxy) is 4. The predicted molar refractivity (Wildman–Crippen MR) is 391 cm³/mol. The van der Waals surface area contributed by atoms with E-state index in [9.17, 15) is 43.2 Å². The number of carbonyl (C=O) groups excluding carboxylic acids is 4. The van der Waals surface area contributed by atoms with Crippen molar-refractivity contribution >= 4 is 39.5 Å². The molecule has 0 amide bonds. The summed E-state index contributed by atoms with van der Waals surface area (Å²) in [5.41, 5.74) is 0. The maximum absolute atomic E-state index is 13.1. The maximum Gasteiger partial charge on any atom is 0.472 e. The van der Waals surface area contributed by atoms with Crippen molar-refractivity contribution < 1.29 is 80.2 Å². The summed E-state index contributed by atoms with van der Waals surface area (Å²) in [6, 6.07) is 0. The molecule has 0 aromatic carbocycles. The molecule has 0 heterocycles. The SMILES string of the molecule is CCCCCCCCCCCCCCCC(=O)O[C@H](COC(=O)CCCCCCCCC(C)CC)COP(=O)(O)OC[C@H](O)COP(=O)(O)OC[C@@H](COC(=O)CCCCCCCCCCCCCC(C)C)OC(=O)CCCCCCCCCCCCCCCCCCC(C)C. The van der Waals surface area contributed by atoms with Crippen LogP contribution >= 0.6 is 15.6 Å². The van der Waals surface area contributed by atoms with Crippen LogP contribution in [0.1, 0.15) is 395 Å². The highest BCUT2D eigenvalue weighted by molar-refractivity contribution is 7.47. The molecule has 0 radical (unpaired) electrons. The summed E-state index contributed by atoms with van der Waals surface area (Å²) >= 11 is 0. The fourth-order valence-corrected chi connectivity index (χ4v) is 13.3. The second kappa shape index (κ2) is 67.5. The van der Waals surface area contributed by atoms with E-state index < -0.39 is 97.5 Å². The molecular weight excluding hydrogens is 1260 g/mol. The van der Waals surface area contributed by atoms with Gasteiger partial charge in [0.2, 0.25) is 0 Å². The number of hydrogen-bond donors (Lipinski definition) is 3. The van der Waals surface area contributed by atoms with Gasteiger partial charge in [-0.25, -0.2) is 9.13 Å². The van der Waals surface area contributed by atoms with Crippen LogP contribution in [0.3, 0.4) is 0 Å². The van der Waals surface area contributed by atoms with E-state index in [1.807, 2.05) is 0 Å². The molecular formula is C77H150O17P2. The van der Waals surface area contributed by atoms with E-state index in [1.165, 1.54) is 199 Å². The minimum absolute atomic E-state index is 0.107. The molecule has 0 saturated heterocycles. The minimum atomic E-state index is -4.96. The van der Waals surface area contributed by atoms with Crippen molar-refractivity contribution in [3.8, 4) is 0 Å². The van der Waals surface area contributed by atoms with Crippen LogP contribution in [0.15, 0.2) is 0 Å². The van der Waals surface area contributed by atoms with Crippen LogP contribution in [0.2, 0.25) is 0 Å². The van der Waals surface area contributed by atoms with Crippen molar-refractivity contribution in [2.75, 3.05) is 39.6 Å². The fraction of sp³-hybridized carbons (Fsp3) is 0.948. The fourth-order valence-electron chi connectivity index (χ4n) is 11.7. The van der Waals surface area contributed by atoms with Crippen molar-refractivity contribution in [3.05, 3.63) is 0 Å². The van der Waals surface area contributed by atoms with Gasteiger partial charge in [-0.05, 0) is 43.4 Å². The molecule has 0 aliphatic heterocycles. The zero-order valence-corrected chi connectivity index (χ0v) is 64.6. The van der Waals surface area contributed by atoms with Crippen molar-refractivity contribution in [2.24, 2.45) is 17.8 Å². The lowest BCUT2D eigenvalue weighted by Crippen LogP contribution is -2.30. The summed E-state index contributed by atoms with van der Waals surface area (Å²) in [4.78, 5) is 72.8. The van der Waals surface area contributed by atoms with E-state index in [0.29, 0.717) is 25.7 Å². The van der Waals surface area contributed by atoms with Crippen LogP contribution in [0, 0.1) is 17.8 Å². The number of carbonyl (C=O) groups is 4. The lowest BCUT2D eigenvalue weighted by Gasteiger charge is -2.21. The lowest BCUT2D eigenvalue weighted by molar-refractivity contribution is -0.161. The average molecular weight is 1410 g/mol. The van der Waals surface area contributed by atoms with E-state index in [0.717, 1.165) is 114 Å². The zero-order chi connectivity index (χ0) is 70.9. The van der Waals surface area contributed by atoms with Crippen LogP contribution in [-0.2, 0) is 65.4 Å². The number of esters is 4. The van der Waals surface area contributed by atoms with Crippen molar-refractivity contribution in [3.63, 3.8) is 0 Å². The van der Waals surface area contributed by atoms with E-state index in [2.05, 4.69) is 48.5 Å². The van der Waals surface area contributed by atoms with Crippen molar-refractivity contribution in [2.45, 2.75) is 414 Å². The van der Waals surface area contributed by atoms with Crippen LogP contribution in [-0.4, -0.2) is 96.7 Å². The summed E-state index contributed by atoms with van der Waals surface area (Å²) in [5, 5.41) is 10.6. The molecule has 0 saturated carbocycles. The van der Waals surface area contributed by atoms with E-state index in [1.54, 1.807) is 0 Å². The van der Waals surface area contributed by atoms with Gasteiger partial charge in [0.25, 0.3) is 0 Å². The number of aliphatic hydroxyl groups excluding tert-OH is 1. The molecule has 17 nitrogen and oxygen atoms in total. The highest BCUT2D eigenvalue weighted by atomic mass is 31.2. The second-order valence-electron chi connectivity index (χ2n) is 28.9. The monoisotopic (exact) mass is 1410 g/mol. The number of phosphoric ester groups is 2. The van der Waals surface area contributed by atoms with Gasteiger partial charge in [-0.15, -0.1) is 0 Å². The first kappa shape index (κ1) is 94.1. The standard InChI is InChI=1S/C77H150O17P2/c1-8-10-11-12-13-14-15-20-26-32-37-46-53-60-77(82)94-73(65-88-75(80)59-52-45-40-39-43-50-57-70(7)9-2)67-92-96(85,86)90-63-71(78)62-89-95(83,84)91-66-72(64-87-74(79)58-51-44-36-31-28-23-25-30-35-42-49-56-69(5)6)93-76(81)61-54-47-38-33-27-22-19-17-16-18-21-24-29-34-41-48-55-68(3)4/h68-73,78H,8-67H2,1-7H3,(H,83,84)(H,85,86)/t70?,71-,72-,73-/m1/s1. The molecule has 0 fully saturated rings. The van der Waals surface area contributed by atoms with E-state index in [4.69, 9.17) is 37.0 Å². The molecule has 0 aliphatic rings. The summed E-state index contributed by atoms with van der Waals surface area (Å²) < 4.78 is 68.6. The normalized spacial score (nSPS) is 14.3. The van der Waals surface area contributed by atoms with Crippen molar-refractivity contribution in [1.29, 1.82) is 0 Å². The largest absolute Gasteiger partial charge is 0.472 e. The van der Waals surface area contributed by atoms with Gasteiger partial charge in [0, 0.05) is 25.7 Å². The molecule has 570 valence electrons. The molecule has 0 rings (SSSR count). The third-order valence-electron chi connectivity index (χ3n) is 18.2. The Labute approximate surface area is 588 Å². The smallest absolute Gasteiger partial charge is 0.462 e. The number of rotatable bonds is 75. The highest BCUT2D eigenvalue weighted by Crippen LogP contribution is 2.45. The van der Waals surface area contributed by atoms with Gasteiger partial charge < -0.3 is 33.8 Å². The highest BCUT2D eigenvalue weighted by Gasteiger charge is 2.30. The summed E-state index contributed by atoms with van der Waals surface area (Å²) in [7, 11) is -9.91. The van der Waals surface area contributed by atoms with Gasteiger partial charge in [0.1, 0.15) is 19.3 Å². The zero-order valence-electron chi connectivity index (χ0n) is 62.8. The summed E-state index contributed by atoms with van der Waals surface area (Å²) in [5.74, 6) is 0.195. The number of phosphoric acid groups is 2. The van der Waals surface area contributed by atoms with Crippen LogP contribution in [0.25, 0.3) is 0 Å². The first-order valence-electron chi connectivity index (χ1n) is 39.9. The molecule has 19 heteroatoms. The molecule has 3 unspecified atom stereocenters. The van der Waals surface area contributed by atoms with Crippen LogP contribution in [0.5, 0.6) is 0 Å². The van der Waals surface area contributed by atoms with Gasteiger partial charge in [0.15, 0.2) is 12.2 Å². The van der Waals surface area contributed by atoms with Gasteiger partial charge >= 0.3 is 39.5 Å². The Hall–Kier alpha value is -1.94. The Bertz CT molecular complexity index is 1870. The Morgan fingerprint density at radius 3 is 0.792 bits per heavy atom. The Morgan fingerprint density at radius 2 is 0.531 bits per heavy atom. The molecule has 0 bridgehead atoms. The van der Waals surface area contributed by atoms with Gasteiger partial charge in [0.05, 0.1) is 26.4 Å². The third kappa shape index (κ3) is 69.2. The molecule has 3 N–H and O–H groups in total. The van der Waals surface area contributed by atoms with Crippen LogP contribution in [0.4, 0.5) is 0 Å². The van der Waals surface area contributed by atoms with E-state index >= 15 is 0 Å². The van der Waals surface area contributed by atoms with Gasteiger partial charge in [-0.3, -0.25) is 37.3 Å². The van der Waals surface area contributed by atoms with E-state index in [-0.39, 0.29) is 25.7 Å². The molecule has 96 heavy (non-hydrogen) atoms. The quantitative estimate of drug-likeness (QED) is 0.0222. The first-order valence-corrected chi connectivity index (χ1v) is 42.9. The molecule has 0 aliphatic carbocycles. The topological polar surface area (TPSA) is 237 Å². The second-order valence-corrected chi connectivity index (χ2v) is 31.8. The molecule has 0 aromatic heterocycles. The third-order valence-corrected chi connectivity index (χ3v) is 20.1. The lowest BCUT2D eigenvalue weighted by atomic mass is 10.00. The molecule has 0 aromatic rings. The predicted octanol–water partition coefficient (Wildman–Crippen LogP) is 22.6. The number of unbranched alkanes of at least 4 members (excludes halogenated alkanes) is 42. The van der Waals surface area contributed by atoms with Crippen LogP contribution < -0.4 is 0 Å². The summed E-state index contributed by atoms with van der Waals surface area (Å²) in [6.07, 6.45) is 54.1. The average Bonchev–Trinajstić information content (AvgIpc) is 1.11. The van der Waals surface area contributed by atoms with Crippen molar-refractivity contribution in [1.82, 2.24) is 0 Å². The Balaban J connectivity index is 5.24. The Kier molecular flexibility index (Phi) is 66.2. The molecule has 0 spiro atoms. The minimum Gasteiger partial charge on any atom is -0.462 e. The summed E-state index contributed by atoms with van der Waals surface area (Å²) in [6.45, 7) is 11.9. The van der Waals surface area contributed by atoms with Gasteiger partial charge in [-0.1, -0.05) is 344 Å². The molecule has 6 atom stereocenters. The maximum atomic E-state index is 13.1.